The highest BCUT2D eigenvalue weighted by Crippen LogP contribution is 2.30. The summed E-state index contributed by atoms with van der Waals surface area (Å²) in [7, 11) is 0. The first-order chi connectivity index (χ1) is 16.9. The van der Waals surface area contributed by atoms with Crippen LogP contribution in [0.15, 0.2) is 60.7 Å². The first-order valence-electron chi connectivity index (χ1n) is 10.7. The van der Waals surface area contributed by atoms with E-state index in [1.165, 1.54) is 0 Å². The van der Waals surface area contributed by atoms with E-state index in [4.69, 9.17) is 35.4 Å². The number of carbonyl (C=O) groups is 2. The number of hydrogen-bond donors (Lipinski definition) is 4. The van der Waals surface area contributed by atoms with Crippen molar-refractivity contribution in [1.29, 1.82) is 0 Å². The number of H-pyrrole nitrogens is 1. The Morgan fingerprint density at radius 3 is 2.63 bits per heavy atom. The molecule has 4 rings (SSSR count). The summed E-state index contributed by atoms with van der Waals surface area (Å²) in [6.07, 6.45) is 5.85. The number of amides is 2. The molecule has 0 spiro atoms. The first-order valence-corrected chi connectivity index (χ1v) is 11.5. The van der Waals surface area contributed by atoms with Crippen molar-refractivity contribution >= 4 is 57.4 Å². The van der Waals surface area contributed by atoms with Gasteiger partial charge in [0.2, 0.25) is 5.91 Å². The highest BCUT2D eigenvalue weighted by Gasteiger charge is 2.21. The van der Waals surface area contributed by atoms with Gasteiger partial charge in [-0.3, -0.25) is 14.7 Å². The predicted molar refractivity (Wildman–Crippen MR) is 140 cm³/mol. The number of nitrogens with one attached hydrogen (secondary N) is 3. The summed E-state index contributed by atoms with van der Waals surface area (Å²) in [5.74, 6) is 1.72. The lowest BCUT2D eigenvalue weighted by atomic mass is 9.94. The normalized spacial score (nSPS) is 11.6. The molecule has 35 heavy (non-hydrogen) atoms. The summed E-state index contributed by atoms with van der Waals surface area (Å²) in [5, 5.41) is 14.2. The fourth-order valence-corrected chi connectivity index (χ4v) is 4.00. The third-order valence-electron chi connectivity index (χ3n) is 5.47. The lowest BCUT2D eigenvalue weighted by molar-refractivity contribution is -0.117. The number of halogens is 2. The maximum Gasteiger partial charge on any atom is 0.256 e. The molecule has 1 heterocycles. The molecule has 7 nitrogen and oxygen atoms in total. The van der Waals surface area contributed by atoms with E-state index in [2.05, 4.69) is 26.8 Å². The van der Waals surface area contributed by atoms with Crippen LogP contribution in [0.25, 0.3) is 10.9 Å². The summed E-state index contributed by atoms with van der Waals surface area (Å²) in [6.45, 7) is 0.316. The number of nitrogens with two attached hydrogens (primary N) is 1. The molecule has 0 saturated carbocycles. The van der Waals surface area contributed by atoms with E-state index in [1.54, 1.807) is 60.7 Å². The van der Waals surface area contributed by atoms with Crippen molar-refractivity contribution in [1.82, 2.24) is 10.2 Å². The number of terminal acetylenes is 1. The largest absolute Gasteiger partial charge is 0.330 e. The molecule has 0 fully saturated rings. The number of aromatic amines is 1. The fraction of sp³-hybridized carbons (Fsp3) is 0.115. The Morgan fingerprint density at radius 1 is 1.06 bits per heavy atom. The molecule has 9 heteroatoms. The number of nitrogens with zero attached hydrogens (tertiary/aromatic N) is 1. The molecule has 1 atom stereocenters. The van der Waals surface area contributed by atoms with E-state index in [0.29, 0.717) is 62.1 Å². The Bertz CT molecular complexity index is 1460. The predicted octanol–water partition coefficient (Wildman–Crippen LogP) is 5.17. The van der Waals surface area contributed by atoms with Crippen molar-refractivity contribution in [3.8, 4) is 12.3 Å². The Morgan fingerprint density at radius 2 is 1.89 bits per heavy atom. The minimum atomic E-state index is -0.516. The van der Waals surface area contributed by atoms with Crippen molar-refractivity contribution in [2.75, 3.05) is 17.2 Å². The topological polar surface area (TPSA) is 113 Å². The van der Waals surface area contributed by atoms with Crippen LogP contribution in [-0.2, 0) is 4.79 Å². The van der Waals surface area contributed by atoms with E-state index in [9.17, 15) is 9.59 Å². The second kappa shape index (κ2) is 10.6. The maximum atomic E-state index is 13.1. The molecule has 0 aliphatic carbocycles. The summed E-state index contributed by atoms with van der Waals surface area (Å²) < 4.78 is 0. The molecule has 4 aromatic rings. The molecule has 0 radical (unpaired) electrons. The van der Waals surface area contributed by atoms with Gasteiger partial charge in [0, 0.05) is 22.2 Å². The van der Waals surface area contributed by atoms with Gasteiger partial charge in [-0.25, -0.2) is 0 Å². The van der Waals surface area contributed by atoms with Gasteiger partial charge in [-0.15, -0.1) is 6.42 Å². The summed E-state index contributed by atoms with van der Waals surface area (Å²) in [5.41, 5.74) is 8.71. The van der Waals surface area contributed by atoms with Gasteiger partial charge in [0.15, 0.2) is 5.82 Å². The van der Waals surface area contributed by atoms with Crippen LogP contribution in [0.5, 0.6) is 0 Å². The van der Waals surface area contributed by atoms with Crippen molar-refractivity contribution in [2.24, 2.45) is 5.73 Å². The number of carbonyl (C=O) groups excluding carboxylic acids is 2. The molecule has 0 saturated heterocycles. The Balaban J connectivity index is 1.56. The minimum absolute atomic E-state index is 0.242. The van der Waals surface area contributed by atoms with E-state index >= 15 is 0 Å². The van der Waals surface area contributed by atoms with E-state index in [-0.39, 0.29) is 11.8 Å². The fourth-order valence-electron chi connectivity index (χ4n) is 3.69. The molecule has 3 aromatic carbocycles. The molecule has 176 valence electrons. The van der Waals surface area contributed by atoms with Crippen LogP contribution in [0.4, 0.5) is 11.5 Å². The molecular formula is C26H21Cl2N5O2. The van der Waals surface area contributed by atoms with Crippen LogP contribution < -0.4 is 16.4 Å². The lowest BCUT2D eigenvalue weighted by Crippen LogP contribution is -2.23. The standard InChI is InChI=1S/C26H21Cl2N5O2/c1-2-15-4-3-5-17(12-15)25(34)31-24-20-14-18(7-9-23(20)32-33-24)30-26(35)19(10-11-29)16-6-8-21(27)22(28)13-16/h1,3-9,12-14,19H,10-11,29H2,(H,30,35)(H2,31,32,33,34). The van der Waals surface area contributed by atoms with Gasteiger partial charge in [-0.2, -0.15) is 5.10 Å². The van der Waals surface area contributed by atoms with Gasteiger partial charge < -0.3 is 16.4 Å². The highest BCUT2D eigenvalue weighted by molar-refractivity contribution is 6.42. The van der Waals surface area contributed by atoms with Crippen LogP contribution in [0, 0.1) is 12.3 Å². The second-order valence-corrected chi connectivity index (χ2v) is 8.62. The zero-order valence-electron chi connectivity index (χ0n) is 18.4. The van der Waals surface area contributed by atoms with E-state index in [0.717, 1.165) is 0 Å². The van der Waals surface area contributed by atoms with Gasteiger partial charge in [0.1, 0.15) is 0 Å². The maximum absolute atomic E-state index is 13.1. The third kappa shape index (κ3) is 5.47. The average Bonchev–Trinajstić information content (AvgIpc) is 3.26. The van der Waals surface area contributed by atoms with Crippen molar-refractivity contribution in [3.05, 3.63) is 87.4 Å². The zero-order chi connectivity index (χ0) is 24.9. The Labute approximate surface area is 212 Å². The van der Waals surface area contributed by atoms with E-state index in [1.807, 2.05) is 0 Å². The first kappa shape index (κ1) is 24.3. The number of fused-ring (bicyclic) bond motifs is 1. The smallest absolute Gasteiger partial charge is 0.256 e. The summed E-state index contributed by atoms with van der Waals surface area (Å²) >= 11 is 12.2. The third-order valence-corrected chi connectivity index (χ3v) is 6.21. The molecule has 5 N–H and O–H groups in total. The number of anilines is 2. The number of aromatic nitrogens is 2. The molecule has 2 amide bonds. The van der Waals surface area contributed by atoms with Crippen molar-refractivity contribution in [3.63, 3.8) is 0 Å². The lowest BCUT2D eigenvalue weighted by Gasteiger charge is -2.17. The monoisotopic (exact) mass is 505 g/mol. The number of hydrogen-bond acceptors (Lipinski definition) is 4. The van der Waals surface area contributed by atoms with Crippen LogP contribution >= 0.6 is 23.2 Å². The van der Waals surface area contributed by atoms with Gasteiger partial charge in [0.25, 0.3) is 5.91 Å². The van der Waals surface area contributed by atoms with Crippen LogP contribution in [-0.4, -0.2) is 28.6 Å². The summed E-state index contributed by atoms with van der Waals surface area (Å²) in [6, 6.07) is 17.1. The SMILES string of the molecule is C#Cc1cccc(C(=O)Nc2n[nH]c3ccc(NC(=O)C(CCN)c4ccc(Cl)c(Cl)c4)cc23)c1. The number of rotatable bonds is 7. The van der Waals surface area contributed by atoms with Crippen molar-refractivity contribution < 1.29 is 9.59 Å². The van der Waals surface area contributed by atoms with Gasteiger partial charge in [0.05, 0.1) is 21.5 Å². The molecule has 1 aromatic heterocycles. The second-order valence-electron chi connectivity index (χ2n) is 7.80. The van der Waals surface area contributed by atoms with Crippen LogP contribution in [0.3, 0.4) is 0 Å². The van der Waals surface area contributed by atoms with Crippen molar-refractivity contribution in [2.45, 2.75) is 12.3 Å². The van der Waals surface area contributed by atoms with Gasteiger partial charge in [-0.1, -0.05) is 41.3 Å². The molecule has 1 unspecified atom stereocenters. The minimum Gasteiger partial charge on any atom is -0.330 e. The van der Waals surface area contributed by atoms with E-state index < -0.39 is 5.92 Å². The average molecular weight is 506 g/mol. The molecular weight excluding hydrogens is 485 g/mol. The van der Waals surface area contributed by atoms with Gasteiger partial charge >= 0.3 is 0 Å². The summed E-state index contributed by atoms with van der Waals surface area (Å²) in [4.78, 5) is 25.9. The molecule has 0 aliphatic heterocycles. The Kier molecular flexibility index (Phi) is 7.37. The quantitative estimate of drug-likeness (QED) is 0.259. The molecule has 0 bridgehead atoms. The van der Waals surface area contributed by atoms with Crippen LogP contribution in [0.2, 0.25) is 10.0 Å². The molecule has 0 aliphatic rings. The van der Waals surface area contributed by atoms with Gasteiger partial charge in [-0.05, 0) is 67.1 Å². The zero-order valence-corrected chi connectivity index (χ0v) is 20.0. The van der Waals surface area contributed by atoms with Crippen LogP contribution in [0.1, 0.15) is 33.8 Å². The highest BCUT2D eigenvalue weighted by atomic mass is 35.5. The Hall–Kier alpha value is -3.83. The number of benzene rings is 3.